The van der Waals surface area contributed by atoms with Crippen molar-refractivity contribution in [2.75, 3.05) is 0 Å². The molecular weight excluding hydrogens is 719 g/mol. The minimum absolute atomic E-state index is 0.0305. The summed E-state index contributed by atoms with van der Waals surface area (Å²) in [4.78, 5) is 18.3. The number of halogens is 8. The third-order valence-corrected chi connectivity index (χ3v) is 8.16. The maximum Gasteiger partial charge on any atom is 0.449 e. The largest absolute Gasteiger partial charge is 0.485 e. The molecule has 0 saturated heterocycles. The van der Waals surface area contributed by atoms with Crippen molar-refractivity contribution in [3.8, 4) is 28.0 Å². The number of hydrogen-bond acceptors (Lipinski definition) is 6. The average molecular weight is 744 g/mol. The number of carbonyl (C=O) groups is 1. The zero-order valence-electron chi connectivity index (χ0n) is 26.8. The first-order valence-corrected chi connectivity index (χ1v) is 15.8. The molecule has 15 heteroatoms. The molecule has 0 unspecified atom stereocenters. The Bertz CT molecular complexity index is 2200. The van der Waals surface area contributed by atoms with Crippen molar-refractivity contribution < 1.29 is 49.2 Å². The van der Waals surface area contributed by atoms with Gasteiger partial charge in [-0.1, -0.05) is 65.3 Å². The van der Waals surface area contributed by atoms with Crippen LogP contribution in [0.15, 0.2) is 106 Å². The Morgan fingerprint density at radius 1 is 0.827 bits per heavy atom. The molecule has 1 atom stereocenters. The first-order chi connectivity index (χ1) is 24.6. The number of aromatic nitrogens is 2. The normalized spacial score (nSPS) is 12.5. The number of hydrogen-bond donors (Lipinski definition) is 1. The molecule has 0 aliphatic rings. The number of nitrogens with one attached hydrogen (secondary N) is 1. The van der Waals surface area contributed by atoms with Crippen LogP contribution >= 0.6 is 11.6 Å². The third kappa shape index (κ3) is 8.45. The number of aryl methyl sites for hydroxylation is 1. The van der Waals surface area contributed by atoms with Gasteiger partial charge in [0.15, 0.2) is 5.82 Å². The Balaban J connectivity index is 1.30. The van der Waals surface area contributed by atoms with Crippen LogP contribution < -0.4 is 10.1 Å². The van der Waals surface area contributed by atoms with Gasteiger partial charge in [-0.2, -0.15) is 31.3 Å². The van der Waals surface area contributed by atoms with Gasteiger partial charge in [0.1, 0.15) is 30.0 Å². The summed E-state index contributed by atoms with van der Waals surface area (Å²) in [6, 6.07) is 21.0. The lowest BCUT2D eigenvalue weighted by molar-refractivity contribution is -0.153. The van der Waals surface area contributed by atoms with Crippen LogP contribution in [0.4, 0.5) is 30.7 Å². The van der Waals surface area contributed by atoms with E-state index in [2.05, 4.69) is 15.5 Å². The Kier molecular flexibility index (Phi) is 10.1. The molecule has 0 radical (unpaired) electrons. The lowest BCUT2D eigenvalue weighted by Gasteiger charge is -2.18. The molecule has 0 aliphatic heterocycles. The smallest absolute Gasteiger partial charge is 0.449 e. The van der Waals surface area contributed by atoms with Crippen molar-refractivity contribution in [3.05, 3.63) is 148 Å². The van der Waals surface area contributed by atoms with Gasteiger partial charge in [-0.05, 0) is 83.3 Å². The maximum atomic E-state index is 14.0. The molecule has 7 nitrogen and oxygen atoms in total. The van der Waals surface area contributed by atoms with Crippen LogP contribution in [0.2, 0.25) is 5.02 Å². The van der Waals surface area contributed by atoms with E-state index in [1.807, 2.05) is 0 Å². The maximum absolute atomic E-state index is 14.0. The van der Waals surface area contributed by atoms with Crippen LogP contribution in [0.3, 0.4) is 0 Å². The molecule has 1 amide bonds. The molecule has 0 bridgehead atoms. The molecule has 2 heterocycles. The number of carbonyl (C=O) groups excluding carboxylic acids is 1. The zero-order chi connectivity index (χ0) is 37.2. The summed E-state index contributed by atoms with van der Waals surface area (Å²) >= 11 is 5.95. The topological polar surface area (TPSA) is 90.4 Å². The van der Waals surface area contributed by atoms with Crippen LogP contribution in [0.25, 0.3) is 22.3 Å². The van der Waals surface area contributed by atoms with Gasteiger partial charge in [-0.25, -0.2) is 4.39 Å². The molecule has 0 aliphatic carbocycles. The molecule has 0 saturated carbocycles. The molecule has 52 heavy (non-hydrogen) atoms. The highest BCUT2D eigenvalue weighted by Gasteiger charge is 2.35. The summed E-state index contributed by atoms with van der Waals surface area (Å²) in [5.74, 6) is -2.37. The van der Waals surface area contributed by atoms with Gasteiger partial charge in [-0.3, -0.25) is 4.79 Å². The number of amides is 1. The first kappa shape index (κ1) is 36.2. The van der Waals surface area contributed by atoms with Crippen LogP contribution in [0.5, 0.6) is 5.75 Å². The summed E-state index contributed by atoms with van der Waals surface area (Å²) in [6.07, 6.45) is -9.13. The molecule has 4 aromatic carbocycles. The van der Waals surface area contributed by atoms with Gasteiger partial charge in [0.2, 0.25) is 11.7 Å². The third-order valence-electron chi connectivity index (χ3n) is 7.87. The highest BCUT2D eigenvalue weighted by atomic mass is 35.5. The predicted molar refractivity (Wildman–Crippen MR) is 175 cm³/mol. The Morgan fingerprint density at radius 2 is 1.46 bits per heavy atom. The standard InChI is InChI=1S/C37H25ClF7N3O4/c1-20-46-35(52-48-20)31(16-21-2-4-22(5-3-21)25-8-13-30(39)29(38)18-25)47-34(49)28-17-24(23-6-10-26(11-7-23)36(40,41)42)9-14-32(28)50-19-27-12-15-33(51-27)37(43,44)45/h2-15,17-18,31H,16,19H2,1H3,(H,47,49)/t31-/m1/s1. The summed E-state index contributed by atoms with van der Waals surface area (Å²) in [7, 11) is 0. The number of alkyl halides is 6. The fourth-order valence-corrected chi connectivity index (χ4v) is 5.44. The highest BCUT2D eigenvalue weighted by Crippen LogP contribution is 2.34. The number of ether oxygens (including phenoxy) is 1. The van der Waals surface area contributed by atoms with E-state index >= 15 is 0 Å². The lowest BCUT2D eigenvalue weighted by atomic mass is 9.99. The van der Waals surface area contributed by atoms with E-state index in [9.17, 15) is 35.5 Å². The van der Waals surface area contributed by atoms with Gasteiger partial charge in [0.25, 0.3) is 5.91 Å². The fourth-order valence-electron chi connectivity index (χ4n) is 5.26. The molecule has 6 aromatic rings. The van der Waals surface area contributed by atoms with Gasteiger partial charge >= 0.3 is 12.4 Å². The van der Waals surface area contributed by atoms with Crippen molar-refractivity contribution in [2.45, 2.75) is 38.3 Å². The number of furan rings is 1. The molecule has 1 N–H and O–H groups in total. The zero-order valence-corrected chi connectivity index (χ0v) is 27.5. The Morgan fingerprint density at radius 3 is 2.06 bits per heavy atom. The van der Waals surface area contributed by atoms with Crippen molar-refractivity contribution in [2.24, 2.45) is 0 Å². The van der Waals surface area contributed by atoms with E-state index in [4.69, 9.17) is 25.3 Å². The van der Waals surface area contributed by atoms with Crippen LogP contribution in [0.1, 0.15) is 50.8 Å². The van der Waals surface area contributed by atoms with E-state index in [0.29, 0.717) is 22.5 Å². The molecule has 0 fully saturated rings. The summed E-state index contributed by atoms with van der Waals surface area (Å²) < 4.78 is 109. The molecule has 268 valence electrons. The van der Waals surface area contributed by atoms with E-state index in [1.54, 1.807) is 37.3 Å². The van der Waals surface area contributed by atoms with E-state index in [0.717, 1.165) is 35.4 Å². The van der Waals surface area contributed by atoms with Crippen molar-refractivity contribution >= 4 is 17.5 Å². The number of nitrogens with zero attached hydrogens (tertiary/aromatic N) is 2. The van der Waals surface area contributed by atoms with Gasteiger partial charge in [0.05, 0.1) is 16.1 Å². The van der Waals surface area contributed by atoms with E-state index in [1.165, 1.54) is 42.5 Å². The number of rotatable bonds is 10. The van der Waals surface area contributed by atoms with Gasteiger partial charge in [-0.15, -0.1) is 0 Å². The predicted octanol–water partition coefficient (Wildman–Crippen LogP) is 10.4. The summed E-state index contributed by atoms with van der Waals surface area (Å²) in [5, 5.41) is 6.65. The summed E-state index contributed by atoms with van der Waals surface area (Å²) in [6.45, 7) is 1.11. The average Bonchev–Trinajstić information content (AvgIpc) is 3.78. The fraction of sp³-hybridized carbons (Fsp3) is 0.162. The van der Waals surface area contributed by atoms with Gasteiger partial charge < -0.3 is 19.0 Å². The first-order valence-electron chi connectivity index (χ1n) is 15.4. The van der Waals surface area contributed by atoms with E-state index in [-0.39, 0.29) is 34.4 Å². The second-order valence-corrected chi connectivity index (χ2v) is 12.0. The van der Waals surface area contributed by atoms with Crippen LogP contribution in [0, 0.1) is 12.7 Å². The second kappa shape index (κ2) is 14.5. The molecular formula is C37H25ClF7N3O4. The quantitative estimate of drug-likeness (QED) is 0.141. The van der Waals surface area contributed by atoms with Crippen molar-refractivity contribution in [3.63, 3.8) is 0 Å². The SMILES string of the molecule is Cc1noc([C@@H](Cc2ccc(-c3ccc(F)c(Cl)c3)cc2)NC(=O)c2cc(-c3ccc(C(F)(F)F)cc3)ccc2OCc2ccc(C(F)(F)F)o2)n1. The lowest BCUT2D eigenvalue weighted by Crippen LogP contribution is -2.30. The van der Waals surface area contributed by atoms with Crippen LogP contribution in [-0.2, 0) is 25.4 Å². The van der Waals surface area contributed by atoms with Gasteiger partial charge in [0, 0.05) is 6.42 Å². The summed E-state index contributed by atoms with van der Waals surface area (Å²) in [5.41, 5.74) is 1.90. The number of benzene rings is 4. The second-order valence-electron chi connectivity index (χ2n) is 11.6. The molecule has 0 spiro atoms. The highest BCUT2D eigenvalue weighted by molar-refractivity contribution is 6.31. The Hall–Kier alpha value is -5.63. The minimum atomic E-state index is -4.72. The van der Waals surface area contributed by atoms with Crippen LogP contribution in [-0.4, -0.2) is 16.0 Å². The minimum Gasteiger partial charge on any atom is -0.485 e. The van der Waals surface area contributed by atoms with Crippen molar-refractivity contribution in [1.82, 2.24) is 15.5 Å². The van der Waals surface area contributed by atoms with E-state index < -0.39 is 48.0 Å². The Labute approximate surface area is 296 Å². The molecule has 6 rings (SSSR count). The monoisotopic (exact) mass is 743 g/mol. The molecule has 2 aromatic heterocycles. The van der Waals surface area contributed by atoms with Crippen molar-refractivity contribution in [1.29, 1.82) is 0 Å².